The highest BCUT2D eigenvalue weighted by molar-refractivity contribution is 5.78. The number of nitrogens with zero attached hydrogens (tertiary/aromatic N) is 2. The summed E-state index contributed by atoms with van der Waals surface area (Å²) in [6.07, 6.45) is 10.8. The third-order valence-corrected chi connectivity index (χ3v) is 4.20. The number of amides is 1. The Kier molecular flexibility index (Phi) is 5.96. The predicted molar refractivity (Wildman–Crippen MR) is 80.9 cm³/mol. The summed E-state index contributed by atoms with van der Waals surface area (Å²) >= 11 is 0. The van der Waals surface area contributed by atoms with Crippen LogP contribution in [0.3, 0.4) is 0 Å². The van der Waals surface area contributed by atoms with Crippen LogP contribution < -0.4 is 10.1 Å². The van der Waals surface area contributed by atoms with Crippen LogP contribution in [0.1, 0.15) is 52.4 Å². The van der Waals surface area contributed by atoms with Crippen LogP contribution in [-0.2, 0) is 4.79 Å². The first-order valence-electron chi connectivity index (χ1n) is 7.96. The van der Waals surface area contributed by atoms with Gasteiger partial charge in [0.2, 0.25) is 11.8 Å². The monoisotopic (exact) mass is 291 g/mol. The van der Waals surface area contributed by atoms with Crippen molar-refractivity contribution in [3.8, 4) is 5.88 Å². The van der Waals surface area contributed by atoms with Gasteiger partial charge in [0.25, 0.3) is 0 Å². The van der Waals surface area contributed by atoms with Crippen molar-refractivity contribution in [3.63, 3.8) is 0 Å². The molecule has 0 aliphatic heterocycles. The highest BCUT2D eigenvalue weighted by Crippen LogP contribution is 2.23. The van der Waals surface area contributed by atoms with E-state index in [1.807, 2.05) is 0 Å². The Morgan fingerprint density at radius 2 is 2.00 bits per heavy atom. The quantitative estimate of drug-likeness (QED) is 0.875. The van der Waals surface area contributed by atoms with Crippen LogP contribution in [0.4, 0.5) is 0 Å². The normalized spacial score (nSPS) is 22.0. The molecular formula is C16H25N3O2. The first-order valence-corrected chi connectivity index (χ1v) is 7.96. The summed E-state index contributed by atoms with van der Waals surface area (Å²) < 4.78 is 5.81. The molecule has 2 rings (SSSR count). The number of rotatable bonds is 6. The van der Waals surface area contributed by atoms with E-state index >= 15 is 0 Å². The molecule has 116 valence electrons. The lowest BCUT2D eigenvalue weighted by Gasteiger charge is -2.30. The molecule has 0 radical (unpaired) electrons. The Balaban J connectivity index is 1.74. The van der Waals surface area contributed by atoms with E-state index in [0.717, 1.165) is 38.5 Å². The summed E-state index contributed by atoms with van der Waals surface area (Å²) in [6, 6.07) is 0.291. The van der Waals surface area contributed by atoms with Gasteiger partial charge in [0.15, 0.2) is 0 Å². The maximum Gasteiger partial charge on any atom is 0.232 e. The third-order valence-electron chi connectivity index (χ3n) is 4.20. The van der Waals surface area contributed by atoms with Crippen LogP contribution in [0, 0.1) is 5.92 Å². The Bertz CT molecular complexity index is 426. The van der Waals surface area contributed by atoms with E-state index in [1.165, 1.54) is 0 Å². The van der Waals surface area contributed by atoms with Gasteiger partial charge >= 0.3 is 0 Å². The maximum absolute atomic E-state index is 12.1. The van der Waals surface area contributed by atoms with Crippen LogP contribution in [-0.4, -0.2) is 28.0 Å². The topological polar surface area (TPSA) is 64.1 Å². The summed E-state index contributed by atoms with van der Waals surface area (Å²) in [5.41, 5.74) is 0. The van der Waals surface area contributed by atoms with Gasteiger partial charge in [-0.15, -0.1) is 0 Å². The lowest BCUT2D eigenvalue weighted by Crippen LogP contribution is -2.42. The summed E-state index contributed by atoms with van der Waals surface area (Å²) in [5, 5.41) is 3.18. The van der Waals surface area contributed by atoms with E-state index in [1.54, 1.807) is 18.6 Å². The van der Waals surface area contributed by atoms with Gasteiger partial charge in [0, 0.05) is 24.4 Å². The largest absolute Gasteiger partial charge is 0.473 e. The number of ether oxygens (including phenoxy) is 1. The molecule has 1 aliphatic rings. The minimum atomic E-state index is 0.151. The van der Waals surface area contributed by atoms with Crippen molar-refractivity contribution in [1.82, 2.24) is 15.3 Å². The Labute approximate surface area is 126 Å². The van der Waals surface area contributed by atoms with Gasteiger partial charge < -0.3 is 10.1 Å². The zero-order valence-electron chi connectivity index (χ0n) is 12.9. The van der Waals surface area contributed by atoms with Gasteiger partial charge in [-0.2, -0.15) is 0 Å². The second-order valence-electron chi connectivity index (χ2n) is 5.66. The molecule has 0 aromatic carbocycles. The van der Waals surface area contributed by atoms with Crippen LogP contribution in [0.5, 0.6) is 5.88 Å². The molecule has 1 aromatic rings. The smallest absolute Gasteiger partial charge is 0.232 e. The number of aromatic nitrogens is 2. The van der Waals surface area contributed by atoms with E-state index in [-0.39, 0.29) is 17.9 Å². The molecule has 5 nitrogen and oxygen atoms in total. The van der Waals surface area contributed by atoms with Crippen molar-refractivity contribution in [2.75, 3.05) is 0 Å². The summed E-state index contributed by atoms with van der Waals surface area (Å²) in [7, 11) is 0. The lowest BCUT2D eigenvalue weighted by atomic mass is 9.92. The lowest BCUT2D eigenvalue weighted by molar-refractivity contribution is -0.126. The van der Waals surface area contributed by atoms with Gasteiger partial charge in [0.1, 0.15) is 6.10 Å². The van der Waals surface area contributed by atoms with Crippen molar-refractivity contribution in [1.29, 1.82) is 0 Å². The number of hydrogen-bond acceptors (Lipinski definition) is 4. The van der Waals surface area contributed by atoms with Gasteiger partial charge in [-0.1, -0.05) is 13.8 Å². The average Bonchev–Trinajstić information content (AvgIpc) is 2.51. The Morgan fingerprint density at radius 1 is 1.29 bits per heavy atom. The van der Waals surface area contributed by atoms with Crippen LogP contribution in [0.15, 0.2) is 18.6 Å². The number of carbonyl (C=O) groups excluding carboxylic acids is 1. The predicted octanol–water partition coefficient (Wildman–Crippen LogP) is 2.72. The van der Waals surface area contributed by atoms with E-state index < -0.39 is 0 Å². The minimum absolute atomic E-state index is 0.151. The number of nitrogens with one attached hydrogen (secondary N) is 1. The SMILES string of the molecule is CCC(CC)C(=O)NC1CCC(Oc2cnccn2)CC1. The van der Waals surface area contributed by atoms with Gasteiger partial charge in [-0.05, 0) is 38.5 Å². The van der Waals surface area contributed by atoms with Crippen LogP contribution >= 0.6 is 0 Å². The highest BCUT2D eigenvalue weighted by Gasteiger charge is 2.25. The summed E-state index contributed by atoms with van der Waals surface area (Å²) in [4.78, 5) is 20.2. The molecule has 5 heteroatoms. The molecule has 21 heavy (non-hydrogen) atoms. The molecule has 0 unspecified atom stereocenters. The molecule has 1 heterocycles. The number of hydrogen-bond donors (Lipinski definition) is 1. The standard InChI is InChI=1S/C16H25N3O2/c1-3-12(4-2)16(20)19-13-5-7-14(8-6-13)21-15-11-17-9-10-18-15/h9-14H,3-8H2,1-2H3,(H,19,20). The zero-order chi connectivity index (χ0) is 15.1. The average molecular weight is 291 g/mol. The van der Waals surface area contributed by atoms with Crippen molar-refractivity contribution >= 4 is 5.91 Å². The third kappa shape index (κ3) is 4.69. The number of carbonyl (C=O) groups is 1. The summed E-state index contributed by atoms with van der Waals surface area (Å²) in [5.74, 6) is 0.943. The van der Waals surface area contributed by atoms with E-state index in [0.29, 0.717) is 11.9 Å². The van der Waals surface area contributed by atoms with Crippen molar-refractivity contribution in [3.05, 3.63) is 18.6 Å². The molecule has 1 saturated carbocycles. The molecule has 1 N–H and O–H groups in total. The van der Waals surface area contributed by atoms with Crippen LogP contribution in [0.25, 0.3) is 0 Å². The fourth-order valence-corrected chi connectivity index (χ4v) is 2.82. The summed E-state index contributed by atoms with van der Waals surface area (Å²) in [6.45, 7) is 4.14. The van der Waals surface area contributed by atoms with E-state index in [9.17, 15) is 4.79 Å². The van der Waals surface area contributed by atoms with E-state index in [2.05, 4.69) is 29.1 Å². The fourth-order valence-electron chi connectivity index (χ4n) is 2.82. The molecule has 0 saturated heterocycles. The Morgan fingerprint density at radius 3 is 2.57 bits per heavy atom. The maximum atomic E-state index is 12.1. The van der Waals surface area contributed by atoms with Crippen molar-refractivity contribution in [2.45, 2.75) is 64.5 Å². The van der Waals surface area contributed by atoms with E-state index in [4.69, 9.17) is 4.74 Å². The second kappa shape index (κ2) is 7.96. The van der Waals surface area contributed by atoms with Gasteiger partial charge in [-0.3, -0.25) is 9.78 Å². The molecule has 0 bridgehead atoms. The first-order chi connectivity index (χ1) is 10.2. The second-order valence-corrected chi connectivity index (χ2v) is 5.66. The first kappa shape index (κ1) is 15.7. The fraction of sp³-hybridized carbons (Fsp3) is 0.688. The Hall–Kier alpha value is -1.65. The molecule has 0 spiro atoms. The van der Waals surface area contributed by atoms with Crippen LogP contribution in [0.2, 0.25) is 0 Å². The van der Waals surface area contributed by atoms with Crippen molar-refractivity contribution in [2.24, 2.45) is 5.92 Å². The highest BCUT2D eigenvalue weighted by atomic mass is 16.5. The van der Waals surface area contributed by atoms with Crippen molar-refractivity contribution < 1.29 is 9.53 Å². The zero-order valence-corrected chi connectivity index (χ0v) is 12.9. The van der Waals surface area contributed by atoms with Gasteiger partial charge in [-0.25, -0.2) is 4.98 Å². The van der Waals surface area contributed by atoms with Gasteiger partial charge in [0.05, 0.1) is 6.20 Å². The molecule has 0 atom stereocenters. The molecule has 1 aromatic heterocycles. The minimum Gasteiger partial charge on any atom is -0.473 e. The molecule has 1 amide bonds. The molecule has 1 fully saturated rings. The molecule has 1 aliphatic carbocycles. The molecular weight excluding hydrogens is 266 g/mol.